The van der Waals surface area contributed by atoms with E-state index >= 15 is 0 Å². The molecule has 1 heterocycles. The number of hydrogen-bond acceptors (Lipinski definition) is 1. The average molecular weight is 207 g/mol. The van der Waals surface area contributed by atoms with Gasteiger partial charge in [0.25, 0.3) is 0 Å². The summed E-state index contributed by atoms with van der Waals surface area (Å²) >= 11 is 0. The zero-order chi connectivity index (χ0) is 10.8. The standard InChI is InChI=1S/C12H17NO2/c1-2-3-11-10(12(14)15)7-9(13-11)6-8-4-5-8/h7-8,13H,2-6H2,1H3,(H,14,15). The quantitative estimate of drug-likeness (QED) is 0.779. The van der Waals surface area contributed by atoms with Crippen LogP contribution in [0.5, 0.6) is 0 Å². The van der Waals surface area contributed by atoms with Gasteiger partial charge in [-0.2, -0.15) is 0 Å². The van der Waals surface area contributed by atoms with Gasteiger partial charge in [0.05, 0.1) is 5.56 Å². The normalized spacial score (nSPS) is 15.5. The maximum absolute atomic E-state index is 11.0. The van der Waals surface area contributed by atoms with Gasteiger partial charge in [0, 0.05) is 11.4 Å². The van der Waals surface area contributed by atoms with Crippen LogP contribution >= 0.6 is 0 Å². The molecule has 0 aliphatic heterocycles. The van der Waals surface area contributed by atoms with Gasteiger partial charge in [-0.3, -0.25) is 0 Å². The van der Waals surface area contributed by atoms with Crippen molar-refractivity contribution in [2.75, 3.05) is 0 Å². The third kappa shape index (κ3) is 2.41. The van der Waals surface area contributed by atoms with E-state index in [4.69, 9.17) is 5.11 Å². The lowest BCUT2D eigenvalue weighted by molar-refractivity contribution is 0.0696. The van der Waals surface area contributed by atoms with Crippen molar-refractivity contribution >= 4 is 5.97 Å². The topological polar surface area (TPSA) is 53.1 Å². The van der Waals surface area contributed by atoms with Crippen molar-refractivity contribution < 1.29 is 9.90 Å². The van der Waals surface area contributed by atoms with Crippen LogP contribution in [0.3, 0.4) is 0 Å². The maximum atomic E-state index is 11.0. The molecule has 1 aromatic heterocycles. The molecule has 3 nitrogen and oxygen atoms in total. The molecular weight excluding hydrogens is 190 g/mol. The third-order valence-electron chi connectivity index (χ3n) is 2.89. The third-order valence-corrected chi connectivity index (χ3v) is 2.89. The predicted molar refractivity (Wildman–Crippen MR) is 58.2 cm³/mol. The number of hydrogen-bond donors (Lipinski definition) is 2. The van der Waals surface area contributed by atoms with Gasteiger partial charge in [-0.15, -0.1) is 0 Å². The number of carbonyl (C=O) groups is 1. The van der Waals surface area contributed by atoms with Gasteiger partial charge in [-0.05, 0) is 37.7 Å². The molecule has 0 amide bonds. The lowest BCUT2D eigenvalue weighted by Crippen LogP contribution is -1.99. The lowest BCUT2D eigenvalue weighted by atomic mass is 10.1. The average Bonchev–Trinajstić information content (AvgIpc) is 2.88. The summed E-state index contributed by atoms with van der Waals surface area (Å²) in [5, 5.41) is 9.04. The fraction of sp³-hybridized carbons (Fsp3) is 0.583. The van der Waals surface area contributed by atoms with Gasteiger partial charge >= 0.3 is 5.97 Å². The molecule has 0 radical (unpaired) electrons. The summed E-state index contributed by atoms with van der Waals surface area (Å²) in [6, 6.07) is 1.81. The molecule has 0 spiro atoms. The largest absolute Gasteiger partial charge is 0.478 e. The van der Waals surface area contributed by atoms with Crippen LogP contribution in [0.4, 0.5) is 0 Å². The van der Waals surface area contributed by atoms with E-state index in [0.29, 0.717) is 5.56 Å². The molecule has 82 valence electrons. The molecule has 1 fully saturated rings. The Bertz CT molecular complexity index is 364. The summed E-state index contributed by atoms with van der Waals surface area (Å²) in [7, 11) is 0. The highest BCUT2D eigenvalue weighted by Gasteiger charge is 2.23. The Kier molecular flexibility index (Phi) is 2.80. The fourth-order valence-corrected chi connectivity index (χ4v) is 1.94. The van der Waals surface area contributed by atoms with Crippen LogP contribution in [-0.2, 0) is 12.8 Å². The Labute approximate surface area is 89.5 Å². The summed E-state index contributed by atoms with van der Waals surface area (Å²) in [6.45, 7) is 2.06. The van der Waals surface area contributed by atoms with E-state index in [1.54, 1.807) is 0 Å². The van der Waals surface area contributed by atoms with E-state index in [-0.39, 0.29) is 0 Å². The molecule has 0 saturated heterocycles. The first-order chi connectivity index (χ1) is 7.20. The van der Waals surface area contributed by atoms with Gasteiger partial charge < -0.3 is 10.1 Å². The summed E-state index contributed by atoms with van der Waals surface area (Å²) in [5.41, 5.74) is 2.45. The Hall–Kier alpha value is -1.25. The molecule has 1 aromatic rings. The molecule has 3 heteroatoms. The van der Waals surface area contributed by atoms with E-state index in [0.717, 1.165) is 36.6 Å². The fourth-order valence-electron chi connectivity index (χ4n) is 1.94. The van der Waals surface area contributed by atoms with Crippen LogP contribution in [0, 0.1) is 5.92 Å². The molecule has 1 aliphatic rings. The number of H-pyrrole nitrogens is 1. The highest BCUT2D eigenvalue weighted by atomic mass is 16.4. The molecule has 1 aliphatic carbocycles. The molecule has 0 bridgehead atoms. The smallest absolute Gasteiger partial charge is 0.337 e. The lowest BCUT2D eigenvalue weighted by Gasteiger charge is -1.96. The van der Waals surface area contributed by atoms with Gasteiger partial charge in [0.15, 0.2) is 0 Å². The van der Waals surface area contributed by atoms with Crippen LogP contribution < -0.4 is 0 Å². The molecule has 0 aromatic carbocycles. The number of carboxylic acid groups (broad SMARTS) is 1. The van der Waals surface area contributed by atoms with Crippen LogP contribution in [0.2, 0.25) is 0 Å². The van der Waals surface area contributed by atoms with Gasteiger partial charge in [-0.1, -0.05) is 13.3 Å². The van der Waals surface area contributed by atoms with Crippen molar-refractivity contribution in [3.05, 3.63) is 23.0 Å². The molecule has 1 saturated carbocycles. The van der Waals surface area contributed by atoms with E-state index in [2.05, 4.69) is 11.9 Å². The van der Waals surface area contributed by atoms with E-state index in [1.807, 2.05) is 6.07 Å². The highest BCUT2D eigenvalue weighted by Crippen LogP contribution is 2.32. The van der Waals surface area contributed by atoms with Crippen molar-refractivity contribution in [3.63, 3.8) is 0 Å². The number of aromatic amines is 1. The van der Waals surface area contributed by atoms with Crippen LogP contribution in [0.25, 0.3) is 0 Å². The number of aromatic nitrogens is 1. The molecule has 15 heavy (non-hydrogen) atoms. The number of nitrogens with one attached hydrogen (secondary N) is 1. The molecular formula is C12H17NO2. The first-order valence-corrected chi connectivity index (χ1v) is 5.64. The van der Waals surface area contributed by atoms with E-state index in [9.17, 15) is 4.79 Å². The van der Waals surface area contributed by atoms with Crippen molar-refractivity contribution in [2.45, 2.75) is 39.0 Å². The van der Waals surface area contributed by atoms with Crippen molar-refractivity contribution in [1.82, 2.24) is 4.98 Å². The van der Waals surface area contributed by atoms with Crippen LogP contribution in [0.15, 0.2) is 6.07 Å². The summed E-state index contributed by atoms with van der Waals surface area (Å²) in [6.07, 6.45) is 5.41. The second-order valence-electron chi connectivity index (χ2n) is 4.39. The minimum absolute atomic E-state index is 0.465. The number of carboxylic acids is 1. The van der Waals surface area contributed by atoms with Crippen molar-refractivity contribution in [3.8, 4) is 0 Å². The second kappa shape index (κ2) is 4.09. The molecule has 2 rings (SSSR count). The van der Waals surface area contributed by atoms with Gasteiger partial charge in [-0.25, -0.2) is 4.79 Å². The summed E-state index contributed by atoms with van der Waals surface area (Å²) in [5.74, 6) is -0.0171. The molecule has 0 unspecified atom stereocenters. The summed E-state index contributed by atoms with van der Waals surface area (Å²) < 4.78 is 0. The zero-order valence-corrected chi connectivity index (χ0v) is 9.05. The zero-order valence-electron chi connectivity index (χ0n) is 9.05. The highest BCUT2D eigenvalue weighted by molar-refractivity contribution is 5.89. The Morgan fingerprint density at radius 3 is 2.87 bits per heavy atom. The minimum Gasteiger partial charge on any atom is -0.478 e. The maximum Gasteiger partial charge on any atom is 0.337 e. The van der Waals surface area contributed by atoms with E-state index < -0.39 is 5.97 Å². The molecule has 0 atom stereocenters. The van der Waals surface area contributed by atoms with Crippen LogP contribution in [0.1, 0.15) is 47.9 Å². The monoisotopic (exact) mass is 207 g/mol. The predicted octanol–water partition coefficient (Wildman–Crippen LogP) is 2.62. The van der Waals surface area contributed by atoms with E-state index in [1.165, 1.54) is 12.8 Å². The first-order valence-electron chi connectivity index (χ1n) is 5.64. The summed E-state index contributed by atoms with van der Waals surface area (Å²) in [4.78, 5) is 14.2. The second-order valence-corrected chi connectivity index (χ2v) is 4.39. The van der Waals surface area contributed by atoms with Crippen LogP contribution in [-0.4, -0.2) is 16.1 Å². The van der Waals surface area contributed by atoms with Gasteiger partial charge in [0.1, 0.15) is 0 Å². The number of aryl methyl sites for hydroxylation is 1. The number of aromatic carboxylic acids is 1. The first kappa shape index (κ1) is 10.3. The Morgan fingerprint density at radius 1 is 1.60 bits per heavy atom. The Morgan fingerprint density at radius 2 is 2.33 bits per heavy atom. The Balaban J connectivity index is 2.17. The van der Waals surface area contributed by atoms with Gasteiger partial charge in [0.2, 0.25) is 0 Å². The number of rotatable bonds is 5. The van der Waals surface area contributed by atoms with Crippen molar-refractivity contribution in [2.24, 2.45) is 5.92 Å². The molecule has 2 N–H and O–H groups in total. The SMILES string of the molecule is CCCc1[nH]c(CC2CC2)cc1C(=O)O. The van der Waals surface area contributed by atoms with Crippen molar-refractivity contribution in [1.29, 1.82) is 0 Å². The minimum atomic E-state index is -0.809.